The van der Waals surface area contributed by atoms with E-state index in [9.17, 15) is 13.2 Å². The number of aryl methyl sites for hydroxylation is 1. The third kappa shape index (κ3) is 2.41. The number of halogens is 4. The lowest BCUT2D eigenvalue weighted by Crippen LogP contribution is -2.07. The summed E-state index contributed by atoms with van der Waals surface area (Å²) < 4.78 is 39.6. The van der Waals surface area contributed by atoms with Gasteiger partial charge in [-0.3, -0.25) is 9.67 Å². The Bertz CT molecular complexity index is 645. The molecule has 0 spiro atoms. The molecule has 0 atom stereocenters. The van der Waals surface area contributed by atoms with Crippen molar-refractivity contribution in [1.29, 1.82) is 0 Å². The van der Waals surface area contributed by atoms with Gasteiger partial charge in [0.2, 0.25) is 0 Å². The summed E-state index contributed by atoms with van der Waals surface area (Å²) in [6, 6.07) is 3.24. The summed E-state index contributed by atoms with van der Waals surface area (Å²) in [5.74, 6) is 0.454. The molecule has 2 rings (SSSR count). The Labute approximate surface area is 110 Å². The number of rotatable bonds is 1. The number of aromatic amines is 1. The highest BCUT2D eigenvalue weighted by Crippen LogP contribution is 2.33. The Morgan fingerprint density at radius 3 is 2.50 bits per heavy atom. The third-order valence-corrected chi connectivity index (χ3v) is 2.80. The lowest BCUT2D eigenvalue weighted by atomic mass is 10.2. The number of hydrogen-bond acceptors (Lipinski definition) is 2. The Morgan fingerprint density at radius 1 is 1.33 bits per heavy atom. The summed E-state index contributed by atoms with van der Waals surface area (Å²) >= 11 is 10.7. The van der Waals surface area contributed by atoms with Gasteiger partial charge in [0.05, 0.1) is 11.3 Å². The van der Waals surface area contributed by atoms with Gasteiger partial charge in [0.1, 0.15) is 5.82 Å². The fraction of sp³-hybridized carbons (Fsp3) is 0.200. The molecule has 0 amide bonds. The van der Waals surface area contributed by atoms with Crippen molar-refractivity contribution >= 4 is 23.8 Å². The quantitative estimate of drug-likeness (QED) is 0.809. The molecule has 0 aliphatic rings. The summed E-state index contributed by atoms with van der Waals surface area (Å²) in [4.78, 5) is 0. The van der Waals surface area contributed by atoms with Gasteiger partial charge in [0.15, 0.2) is 4.77 Å². The van der Waals surface area contributed by atoms with Crippen molar-refractivity contribution in [3.8, 4) is 5.69 Å². The molecule has 1 N–H and O–H groups in total. The van der Waals surface area contributed by atoms with Crippen molar-refractivity contribution in [3.05, 3.63) is 39.4 Å². The monoisotopic (exact) mass is 293 g/mol. The van der Waals surface area contributed by atoms with Crippen LogP contribution < -0.4 is 0 Å². The van der Waals surface area contributed by atoms with E-state index in [2.05, 4.69) is 10.2 Å². The fourth-order valence-corrected chi connectivity index (χ4v) is 2.06. The molecule has 18 heavy (non-hydrogen) atoms. The van der Waals surface area contributed by atoms with E-state index in [-0.39, 0.29) is 15.5 Å². The van der Waals surface area contributed by atoms with Gasteiger partial charge >= 0.3 is 6.18 Å². The average molecular weight is 294 g/mol. The highest BCUT2D eigenvalue weighted by Gasteiger charge is 2.31. The maximum Gasteiger partial charge on any atom is 0.416 e. The van der Waals surface area contributed by atoms with E-state index in [1.54, 1.807) is 6.92 Å². The molecule has 0 radical (unpaired) electrons. The van der Waals surface area contributed by atoms with Crippen molar-refractivity contribution in [3.63, 3.8) is 0 Å². The summed E-state index contributed by atoms with van der Waals surface area (Å²) in [6.07, 6.45) is -4.46. The highest BCUT2D eigenvalue weighted by atomic mass is 35.5. The van der Waals surface area contributed by atoms with Gasteiger partial charge in [-0.05, 0) is 37.3 Å². The van der Waals surface area contributed by atoms with E-state index in [1.165, 1.54) is 10.6 Å². The largest absolute Gasteiger partial charge is 0.416 e. The van der Waals surface area contributed by atoms with E-state index in [0.29, 0.717) is 5.82 Å². The standard InChI is InChI=1S/C10H7ClF3N3S/c1-5-15-16-9(18)17(5)8-3-6(10(12,13)14)2-7(11)4-8/h2-4H,1H3,(H,16,18). The average Bonchev–Trinajstić information content (AvgIpc) is 2.56. The zero-order valence-corrected chi connectivity index (χ0v) is 10.6. The van der Waals surface area contributed by atoms with Gasteiger partial charge in [-0.25, -0.2) is 0 Å². The maximum absolute atomic E-state index is 12.7. The number of hydrogen-bond donors (Lipinski definition) is 1. The minimum absolute atomic E-state index is 0.0117. The second kappa shape index (κ2) is 4.40. The van der Waals surface area contributed by atoms with Crippen LogP contribution in [0.3, 0.4) is 0 Å². The van der Waals surface area contributed by atoms with Crippen LogP contribution in [0.5, 0.6) is 0 Å². The first-order valence-corrected chi connectivity index (χ1v) is 5.60. The van der Waals surface area contributed by atoms with Crippen LogP contribution in [0.4, 0.5) is 13.2 Å². The zero-order chi connectivity index (χ0) is 13.5. The molecule has 1 aromatic heterocycles. The predicted molar refractivity (Wildman–Crippen MR) is 63.5 cm³/mol. The molecular weight excluding hydrogens is 287 g/mol. The van der Waals surface area contributed by atoms with Crippen LogP contribution in [-0.4, -0.2) is 14.8 Å². The molecule has 0 fully saturated rings. The van der Waals surface area contributed by atoms with E-state index < -0.39 is 11.7 Å². The second-order valence-electron chi connectivity index (χ2n) is 3.61. The van der Waals surface area contributed by atoms with Crippen LogP contribution >= 0.6 is 23.8 Å². The molecular formula is C10H7ClF3N3S. The normalized spacial score (nSPS) is 11.8. The van der Waals surface area contributed by atoms with Gasteiger partial charge in [-0.1, -0.05) is 11.6 Å². The van der Waals surface area contributed by atoms with Gasteiger partial charge in [0.25, 0.3) is 0 Å². The molecule has 0 bridgehead atoms. The zero-order valence-electron chi connectivity index (χ0n) is 9.05. The van der Waals surface area contributed by atoms with Crippen molar-refractivity contribution < 1.29 is 13.2 Å². The van der Waals surface area contributed by atoms with Crippen LogP contribution in [0.1, 0.15) is 11.4 Å². The predicted octanol–water partition coefficient (Wildman–Crippen LogP) is 3.91. The summed E-state index contributed by atoms with van der Waals surface area (Å²) in [6.45, 7) is 1.63. The molecule has 8 heteroatoms. The van der Waals surface area contributed by atoms with Gasteiger partial charge < -0.3 is 0 Å². The minimum atomic E-state index is -4.46. The molecule has 96 valence electrons. The van der Waals surface area contributed by atoms with Crippen LogP contribution in [0, 0.1) is 11.7 Å². The molecule has 0 aliphatic carbocycles. The Hall–Kier alpha value is -1.34. The fourth-order valence-electron chi connectivity index (χ4n) is 1.55. The molecule has 0 unspecified atom stereocenters. The number of H-pyrrole nitrogens is 1. The van der Waals surface area contributed by atoms with E-state index in [4.69, 9.17) is 23.8 Å². The Morgan fingerprint density at radius 2 is 2.00 bits per heavy atom. The number of alkyl halides is 3. The van der Waals surface area contributed by atoms with E-state index >= 15 is 0 Å². The molecule has 0 saturated heterocycles. The van der Waals surface area contributed by atoms with Crippen molar-refractivity contribution in [1.82, 2.24) is 14.8 Å². The highest BCUT2D eigenvalue weighted by molar-refractivity contribution is 7.71. The molecule has 1 aromatic carbocycles. The van der Waals surface area contributed by atoms with Crippen molar-refractivity contribution in [2.75, 3.05) is 0 Å². The van der Waals surface area contributed by atoms with E-state index in [1.807, 2.05) is 0 Å². The summed E-state index contributed by atoms with van der Waals surface area (Å²) in [7, 11) is 0. The van der Waals surface area contributed by atoms with Gasteiger partial charge in [0, 0.05) is 5.02 Å². The topological polar surface area (TPSA) is 33.6 Å². The minimum Gasteiger partial charge on any atom is -0.272 e. The molecule has 0 saturated carbocycles. The molecule has 2 aromatic rings. The smallest absolute Gasteiger partial charge is 0.272 e. The third-order valence-electron chi connectivity index (χ3n) is 2.31. The number of benzene rings is 1. The number of nitrogens with one attached hydrogen (secondary N) is 1. The number of nitrogens with zero attached hydrogens (tertiary/aromatic N) is 2. The van der Waals surface area contributed by atoms with Crippen molar-refractivity contribution in [2.45, 2.75) is 13.1 Å². The summed E-state index contributed by atoms with van der Waals surface area (Å²) in [5, 5.41) is 6.33. The van der Waals surface area contributed by atoms with Gasteiger partial charge in [-0.15, -0.1) is 0 Å². The first kappa shape index (κ1) is 13.1. The molecule has 0 aliphatic heterocycles. The number of aromatic nitrogens is 3. The van der Waals surface area contributed by atoms with E-state index in [0.717, 1.165) is 12.1 Å². The second-order valence-corrected chi connectivity index (χ2v) is 4.43. The lowest BCUT2D eigenvalue weighted by molar-refractivity contribution is -0.137. The SMILES string of the molecule is Cc1n[nH]c(=S)n1-c1cc(Cl)cc(C(F)(F)F)c1. The van der Waals surface area contributed by atoms with Crippen LogP contribution in [0.2, 0.25) is 5.02 Å². The lowest BCUT2D eigenvalue weighted by Gasteiger charge is -2.11. The van der Waals surface area contributed by atoms with Crippen LogP contribution in [0.25, 0.3) is 5.69 Å². The Kier molecular flexibility index (Phi) is 3.20. The van der Waals surface area contributed by atoms with Crippen molar-refractivity contribution in [2.24, 2.45) is 0 Å². The molecule has 1 heterocycles. The van der Waals surface area contributed by atoms with Crippen LogP contribution in [0.15, 0.2) is 18.2 Å². The molecule has 3 nitrogen and oxygen atoms in total. The Balaban J connectivity index is 2.67. The van der Waals surface area contributed by atoms with Crippen LogP contribution in [-0.2, 0) is 6.18 Å². The van der Waals surface area contributed by atoms with Gasteiger partial charge in [-0.2, -0.15) is 18.3 Å². The first-order valence-electron chi connectivity index (χ1n) is 4.81. The first-order chi connectivity index (χ1) is 8.29. The maximum atomic E-state index is 12.7. The summed E-state index contributed by atoms with van der Waals surface area (Å²) in [5.41, 5.74) is -0.599.